The van der Waals surface area contributed by atoms with Crippen molar-refractivity contribution in [3.8, 4) is 11.8 Å². The molecule has 6 heteroatoms. The summed E-state index contributed by atoms with van der Waals surface area (Å²) in [4.78, 5) is 23.6. The van der Waals surface area contributed by atoms with Gasteiger partial charge in [-0.2, -0.15) is 5.26 Å². The number of aliphatic carboxylic acids is 1. The highest BCUT2D eigenvalue weighted by Crippen LogP contribution is 2.25. The average Bonchev–Trinajstić information content (AvgIpc) is 2.56. The molecule has 0 heterocycles. The molecule has 0 aliphatic carbocycles. The predicted octanol–water partition coefficient (Wildman–Crippen LogP) is 2.33. The van der Waals surface area contributed by atoms with E-state index in [-0.39, 0.29) is 6.54 Å². The van der Waals surface area contributed by atoms with Crippen molar-refractivity contribution in [3.05, 3.63) is 29.8 Å². The largest absolute Gasteiger partial charge is 0.481 e. The predicted molar refractivity (Wildman–Crippen MR) is 84.9 cm³/mol. The molecular weight excluding hydrogens is 296 g/mol. The molecule has 0 saturated carbocycles. The zero-order valence-corrected chi connectivity index (χ0v) is 13.6. The molecule has 1 aromatic rings. The molecule has 0 aliphatic heterocycles. The Morgan fingerprint density at radius 2 is 1.96 bits per heavy atom. The first-order chi connectivity index (χ1) is 10.9. The minimum atomic E-state index is -0.972. The van der Waals surface area contributed by atoms with Crippen molar-refractivity contribution in [2.24, 2.45) is 5.41 Å². The number of hydrogen-bond acceptors (Lipinski definition) is 4. The van der Waals surface area contributed by atoms with Crippen LogP contribution in [0, 0.1) is 16.7 Å². The molecule has 1 amide bonds. The van der Waals surface area contributed by atoms with Crippen LogP contribution in [0.4, 0.5) is 0 Å². The molecule has 23 heavy (non-hydrogen) atoms. The van der Waals surface area contributed by atoms with Gasteiger partial charge in [0.05, 0.1) is 11.0 Å². The summed E-state index contributed by atoms with van der Waals surface area (Å²) in [6.45, 7) is 5.17. The van der Waals surface area contributed by atoms with Gasteiger partial charge in [0.2, 0.25) is 0 Å². The number of benzene rings is 1. The van der Waals surface area contributed by atoms with Crippen molar-refractivity contribution in [2.45, 2.75) is 39.7 Å². The van der Waals surface area contributed by atoms with Gasteiger partial charge in [0.15, 0.2) is 6.10 Å². The lowest BCUT2D eigenvalue weighted by Crippen LogP contribution is -2.46. The summed E-state index contributed by atoms with van der Waals surface area (Å²) in [5, 5.41) is 21.0. The molecule has 0 radical (unpaired) electrons. The van der Waals surface area contributed by atoms with Crippen molar-refractivity contribution in [1.29, 1.82) is 5.26 Å². The van der Waals surface area contributed by atoms with Crippen molar-refractivity contribution >= 4 is 11.9 Å². The topological polar surface area (TPSA) is 99.4 Å². The van der Waals surface area contributed by atoms with Crippen molar-refractivity contribution in [3.63, 3.8) is 0 Å². The van der Waals surface area contributed by atoms with Gasteiger partial charge in [-0.15, -0.1) is 0 Å². The molecule has 0 fully saturated rings. The number of carboxylic acids is 1. The molecule has 1 aromatic carbocycles. The first kappa shape index (κ1) is 18.5. The second-order valence-corrected chi connectivity index (χ2v) is 5.38. The minimum Gasteiger partial charge on any atom is -0.481 e. The maximum Gasteiger partial charge on any atom is 0.311 e. The Morgan fingerprint density at radius 3 is 2.48 bits per heavy atom. The van der Waals surface area contributed by atoms with Crippen LogP contribution >= 0.6 is 0 Å². The Hall–Kier alpha value is -2.55. The summed E-state index contributed by atoms with van der Waals surface area (Å²) < 4.78 is 5.51. The van der Waals surface area contributed by atoms with Gasteiger partial charge in [0.25, 0.3) is 5.91 Å². The molecule has 0 spiro atoms. The van der Waals surface area contributed by atoms with Crippen molar-refractivity contribution in [1.82, 2.24) is 5.32 Å². The molecule has 1 atom stereocenters. The zero-order chi connectivity index (χ0) is 17.5. The Kier molecular flexibility index (Phi) is 6.58. The fourth-order valence-electron chi connectivity index (χ4n) is 2.18. The van der Waals surface area contributed by atoms with E-state index in [0.717, 1.165) is 0 Å². The van der Waals surface area contributed by atoms with E-state index in [1.54, 1.807) is 45.0 Å². The van der Waals surface area contributed by atoms with Gasteiger partial charge in [0, 0.05) is 6.54 Å². The number of amides is 1. The molecule has 1 unspecified atom stereocenters. The molecule has 2 N–H and O–H groups in total. The van der Waals surface area contributed by atoms with E-state index in [4.69, 9.17) is 10.00 Å². The number of hydrogen-bond donors (Lipinski definition) is 2. The highest BCUT2D eigenvalue weighted by molar-refractivity contribution is 5.82. The Morgan fingerprint density at radius 1 is 1.35 bits per heavy atom. The third-order valence-corrected chi connectivity index (χ3v) is 4.09. The molecule has 124 valence electrons. The lowest BCUT2D eigenvalue weighted by Gasteiger charge is -2.27. The Balaban J connectivity index is 2.71. The van der Waals surface area contributed by atoms with Crippen LogP contribution in [-0.2, 0) is 9.59 Å². The summed E-state index contributed by atoms with van der Waals surface area (Å²) in [6.07, 6.45) is 0.0155. The maximum atomic E-state index is 12.1. The van der Waals surface area contributed by atoms with Gasteiger partial charge >= 0.3 is 5.97 Å². The standard InChI is InChI=1S/C17H22N2O4/c1-4-17(5-2,16(21)22)11-19-15(20)12(3)23-14-9-7-6-8-13(14)10-18/h6-9,12H,4-5,11H2,1-3H3,(H,19,20)(H,21,22). The van der Waals surface area contributed by atoms with Crippen LogP contribution in [0.3, 0.4) is 0 Å². The quantitative estimate of drug-likeness (QED) is 0.766. The average molecular weight is 318 g/mol. The number of nitrogens with zero attached hydrogens (tertiary/aromatic N) is 1. The van der Waals surface area contributed by atoms with Crippen molar-refractivity contribution in [2.75, 3.05) is 6.54 Å². The SMILES string of the molecule is CCC(CC)(CNC(=O)C(C)Oc1ccccc1C#N)C(=O)O. The summed E-state index contributed by atoms with van der Waals surface area (Å²) in [7, 11) is 0. The number of nitrogens with one attached hydrogen (secondary N) is 1. The molecule has 0 saturated heterocycles. The number of carbonyl (C=O) groups excluding carboxylic acids is 1. The van der Waals surface area contributed by atoms with Crippen molar-refractivity contribution < 1.29 is 19.4 Å². The van der Waals surface area contributed by atoms with E-state index in [9.17, 15) is 14.7 Å². The third kappa shape index (κ3) is 4.46. The summed E-state index contributed by atoms with van der Waals surface area (Å²) in [5.74, 6) is -1.01. The smallest absolute Gasteiger partial charge is 0.311 e. The number of carbonyl (C=O) groups is 2. The molecule has 1 rings (SSSR count). The van der Waals surface area contributed by atoms with Crippen LogP contribution in [0.15, 0.2) is 24.3 Å². The van der Waals surface area contributed by atoms with E-state index in [0.29, 0.717) is 24.2 Å². The van der Waals surface area contributed by atoms with E-state index in [2.05, 4.69) is 5.32 Å². The van der Waals surface area contributed by atoms with Gasteiger partial charge in [-0.25, -0.2) is 0 Å². The van der Waals surface area contributed by atoms with Gasteiger partial charge in [0.1, 0.15) is 11.8 Å². The zero-order valence-electron chi connectivity index (χ0n) is 13.6. The van der Waals surface area contributed by atoms with E-state index in [1.807, 2.05) is 6.07 Å². The first-order valence-corrected chi connectivity index (χ1v) is 7.57. The van der Waals surface area contributed by atoms with Crippen LogP contribution in [-0.4, -0.2) is 29.6 Å². The lowest BCUT2D eigenvalue weighted by atomic mass is 9.82. The summed E-state index contributed by atoms with van der Waals surface area (Å²) in [5.41, 5.74) is -0.630. The number of rotatable bonds is 8. The molecule has 6 nitrogen and oxygen atoms in total. The summed E-state index contributed by atoms with van der Waals surface area (Å²) >= 11 is 0. The fourth-order valence-corrected chi connectivity index (χ4v) is 2.18. The molecule has 0 aromatic heterocycles. The molecular formula is C17H22N2O4. The number of carboxylic acid groups (broad SMARTS) is 1. The second kappa shape index (κ2) is 8.18. The highest BCUT2D eigenvalue weighted by Gasteiger charge is 2.35. The van der Waals surface area contributed by atoms with Crippen LogP contribution in [0.5, 0.6) is 5.75 Å². The normalized spacial score (nSPS) is 12.1. The van der Waals surface area contributed by atoms with Crippen LogP contribution in [0.25, 0.3) is 0 Å². The van der Waals surface area contributed by atoms with Gasteiger partial charge < -0.3 is 15.2 Å². The van der Waals surface area contributed by atoms with Crippen LogP contribution in [0.2, 0.25) is 0 Å². The van der Waals surface area contributed by atoms with Crippen LogP contribution in [0.1, 0.15) is 39.2 Å². The van der Waals surface area contributed by atoms with E-state index >= 15 is 0 Å². The molecule has 0 aliphatic rings. The Bertz CT molecular complexity index is 603. The lowest BCUT2D eigenvalue weighted by molar-refractivity contribution is -0.149. The van der Waals surface area contributed by atoms with E-state index in [1.165, 1.54) is 0 Å². The van der Waals surface area contributed by atoms with Crippen LogP contribution < -0.4 is 10.1 Å². The monoisotopic (exact) mass is 318 g/mol. The Labute approximate surface area is 136 Å². The van der Waals surface area contributed by atoms with Gasteiger partial charge in [-0.1, -0.05) is 26.0 Å². The highest BCUT2D eigenvalue weighted by atomic mass is 16.5. The number of nitriles is 1. The fraction of sp³-hybridized carbons (Fsp3) is 0.471. The van der Waals surface area contributed by atoms with Gasteiger partial charge in [-0.05, 0) is 31.9 Å². The maximum absolute atomic E-state index is 12.1. The second-order valence-electron chi connectivity index (χ2n) is 5.38. The minimum absolute atomic E-state index is 0.0434. The third-order valence-electron chi connectivity index (χ3n) is 4.09. The van der Waals surface area contributed by atoms with Gasteiger partial charge in [-0.3, -0.25) is 9.59 Å². The number of ether oxygens (including phenoxy) is 1. The molecule has 0 bridgehead atoms. The summed E-state index contributed by atoms with van der Waals surface area (Å²) in [6, 6.07) is 8.63. The first-order valence-electron chi connectivity index (χ1n) is 7.57. The number of para-hydroxylation sites is 1. The van der Waals surface area contributed by atoms with E-state index < -0.39 is 23.4 Å².